The first kappa shape index (κ1) is 17.3. The highest BCUT2D eigenvalue weighted by molar-refractivity contribution is 6.31. The second kappa shape index (κ2) is 6.59. The molecule has 2 rings (SSSR count). The van der Waals surface area contributed by atoms with E-state index in [1.807, 2.05) is 0 Å². The minimum absolute atomic E-state index is 0.0718. The monoisotopic (exact) mass is 364 g/mol. The van der Waals surface area contributed by atoms with Gasteiger partial charge in [0.15, 0.2) is 0 Å². The van der Waals surface area contributed by atoms with Gasteiger partial charge in [0.2, 0.25) is 5.95 Å². The van der Waals surface area contributed by atoms with Crippen LogP contribution in [0.3, 0.4) is 0 Å². The fraction of sp³-hybridized carbons (Fsp3) is 0.154. The first-order chi connectivity index (χ1) is 10.6. The van der Waals surface area contributed by atoms with E-state index in [1.54, 1.807) is 6.92 Å². The van der Waals surface area contributed by atoms with Crippen molar-refractivity contribution in [2.24, 2.45) is 0 Å². The van der Waals surface area contributed by atoms with Crippen LogP contribution in [-0.4, -0.2) is 16.0 Å². The zero-order valence-electron chi connectivity index (χ0n) is 11.5. The Hall–Kier alpha value is -2.06. The second-order valence-corrected chi connectivity index (χ2v) is 5.22. The molecule has 2 N–H and O–H groups in total. The van der Waals surface area contributed by atoms with Crippen LogP contribution < -0.4 is 10.6 Å². The van der Waals surface area contributed by atoms with E-state index in [2.05, 4.69) is 20.6 Å². The zero-order chi connectivity index (χ0) is 17.2. The lowest BCUT2D eigenvalue weighted by Crippen LogP contribution is -2.21. The van der Waals surface area contributed by atoms with E-state index in [0.29, 0.717) is 5.69 Å². The fourth-order valence-corrected chi connectivity index (χ4v) is 2.13. The summed E-state index contributed by atoms with van der Waals surface area (Å²) in [6, 6.07) is 3.68. The van der Waals surface area contributed by atoms with Crippen LogP contribution in [0.25, 0.3) is 0 Å². The highest BCUT2D eigenvalue weighted by Crippen LogP contribution is 2.36. The number of alkyl halides is 3. The number of hydrogen-bond donors (Lipinski definition) is 2. The molecule has 2 aromatic rings. The SMILES string of the molecule is Cc1cc(Cl)nc(NC(=O)Nc2ccc(Cl)c(C(F)(F)F)c2)n1. The van der Waals surface area contributed by atoms with Gasteiger partial charge in [-0.1, -0.05) is 23.2 Å². The summed E-state index contributed by atoms with van der Waals surface area (Å²) < 4.78 is 38.3. The van der Waals surface area contributed by atoms with Gasteiger partial charge in [-0.3, -0.25) is 5.32 Å². The summed E-state index contributed by atoms with van der Waals surface area (Å²) in [5.74, 6) is -0.0718. The first-order valence-electron chi connectivity index (χ1n) is 6.11. The predicted molar refractivity (Wildman–Crippen MR) is 80.9 cm³/mol. The van der Waals surface area contributed by atoms with Gasteiger partial charge in [0.1, 0.15) is 5.15 Å². The quantitative estimate of drug-likeness (QED) is 0.755. The molecule has 0 unspecified atom stereocenters. The highest BCUT2D eigenvalue weighted by atomic mass is 35.5. The topological polar surface area (TPSA) is 66.9 Å². The Kier molecular flexibility index (Phi) is 4.96. The van der Waals surface area contributed by atoms with E-state index >= 15 is 0 Å². The molecule has 0 fully saturated rings. The van der Waals surface area contributed by atoms with E-state index in [-0.39, 0.29) is 16.8 Å². The van der Waals surface area contributed by atoms with Crippen LogP contribution in [0.1, 0.15) is 11.3 Å². The third-order valence-electron chi connectivity index (χ3n) is 2.58. The number of nitrogens with one attached hydrogen (secondary N) is 2. The lowest BCUT2D eigenvalue weighted by Gasteiger charge is -2.12. The van der Waals surface area contributed by atoms with Crippen LogP contribution >= 0.6 is 23.2 Å². The molecule has 2 amide bonds. The summed E-state index contributed by atoms with van der Waals surface area (Å²) >= 11 is 11.2. The molecule has 23 heavy (non-hydrogen) atoms. The average Bonchev–Trinajstić information content (AvgIpc) is 2.38. The minimum Gasteiger partial charge on any atom is -0.308 e. The molecule has 0 saturated carbocycles. The summed E-state index contributed by atoms with van der Waals surface area (Å²) in [6.45, 7) is 1.64. The Labute approximate surface area is 138 Å². The molecule has 1 aromatic carbocycles. The van der Waals surface area contributed by atoms with E-state index in [4.69, 9.17) is 23.2 Å². The van der Waals surface area contributed by atoms with Gasteiger partial charge in [-0.25, -0.2) is 14.8 Å². The molecule has 1 heterocycles. The Morgan fingerprint density at radius 3 is 2.43 bits per heavy atom. The summed E-state index contributed by atoms with van der Waals surface area (Å²) in [5.41, 5.74) is -0.615. The fourth-order valence-electron chi connectivity index (χ4n) is 1.67. The predicted octanol–water partition coefficient (Wildman–Crippen LogP) is 4.75. The average molecular weight is 365 g/mol. The minimum atomic E-state index is -4.63. The van der Waals surface area contributed by atoms with Crippen molar-refractivity contribution in [2.75, 3.05) is 10.6 Å². The zero-order valence-corrected chi connectivity index (χ0v) is 13.0. The molecule has 0 atom stereocenters. The Bertz CT molecular complexity index is 732. The summed E-state index contributed by atoms with van der Waals surface area (Å²) in [4.78, 5) is 19.5. The number of rotatable bonds is 2. The van der Waals surface area contributed by atoms with Crippen molar-refractivity contribution in [2.45, 2.75) is 13.1 Å². The molecule has 122 valence electrons. The van der Waals surface area contributed by atoms with Crippen molar-refractivity contribution in [3.05, 3.63) is 45.7 Å². The van der Waals surface area contributed by atoms with E-state index < -0.39 is 22.8 Å². The van der Waals surface area contributed by atoms with Crippen LogP contribution in [-0.2, 0) is 6.18 Å². The van der Waals surface area contributed by atoms with Crippen molar-refractivity contribution in [3.63, 3.8) is 0 Å². The Balaban J connectivity index is 2.14. The molecule has 0 spiro atoms. The van der Waals surface area contributed by atoms with Gasteiger partial charge in [0, 0.05) is 11.4 Å². The maximum Gasteiger partial charge on any atom is 0.417 e. The van der Waals surface area contributed by atoms with Crippen LogP contribution in [0.15, 0.2) is 24.3 Å². The number of hydrogen-bond acceptors (Lipinski definition) is 3. The normalized spacial score (nSPS) is 11.2. The Morgan fingerprint density at radius 1 is 1.13 bits per heavy atom. The van der Waals surface area contributed by atoms with Gasteiger partial charge in [-0.15, -0.1) is 0 Å². The van der Waals surface area contributed by atoms with E-state index in [1.165, 1.54) is 12.1 Å². The number of nitrogens with zero attached hydrogens (tertiary/aromatic N) is 2. The van der Waals surface area contributed by atoms with Gasteiger partial charge in [-0.2, -0.15) is 13.2 Å². The molecule has 0 aliphatic rings. The molecular weight excluding hydrogens is 356 g/mol. The molecule has 0 aliphatic carbocycles. The molecule has 5 nitrogen and oxygen atoms in total. The number of anilines is 2. The number of urea groups is 1. The number of aromatic nitrogens is 2. The van der Waals surface area contributed by atoms with Crippen molar-refractivity contribution < 1.29 is 18.0 Å². The lowest BCUT2D eigenvalue weighted by atomic mass is 10.2. The van der Waals surface area contributed by atoms with Gasteiger partial charge in [0.25, 0.3) is 0 Å². The second-order valence-electron chi connectivity index (χ2n) is 4.43. The van der Waals surface area contributed by atoms with Crippen molar-refractivity contribution in [3.8, 4) is 0 Å². The van der Waals surface area contributed by atoms with E-state index in [9.17, 15) is 18.0 Å². The number of benzene rings is 1. The number of amides is 2. The lowest BCUT2D eigenvalue weighted by molar-refractivity contribution is -0.137. The molecule has 10 heteroatoms. The van der Waals surface area contributed by atoms with E-state index in [0.717, 1.165) is 12.1 Å². The van der Waals surface area contributed by atoms with Crippen LogP contribution in [0.2, 0.25) is 10.2 Å². The first-order valence-corrected chi connectivity index (χ1v) is 6.86. The Morgan fingerprint density at radius 2 is 1.83 bits per heavy atom. The molecule has 0 bridgehead atoms. The van der Waals surface area contributed by atoms with Crippen molar-refractivity contribution in [1.82, 2.24) is 9.97 Å². The van der Waals surface area contributed by atoms with Gasteiger partial charge >= 0.3 is 12.2 Å². The molecule has 1 aromatic heterocycles. The summed E-state index contributed by atoms with van der Waals surface area (Å²) in [5, 5.41) is 4.17. The maximum absolute atomic E-state index is 12.8. The third kappa shape index (κ3) is 4.70. The van der Waals surface area contributed by atoms with Gasteiger partial charge in [-0.05, 0) is 31.2 Å². The molecule has 0 radical (unpaired) electrons. The smallest absolute Gasteiger partial charge is 0.308 e. The van der Waals surface area contributed by atoms with Gasteiger partial charge < -0.3 is 5.32 Å². The number of halogens is 5. The molecule has 0 saturated heterocycles. The summed E-state index contributed by atoms with van der Waals surface area (Å²) in [6.07, 6.45) is -4.63. The van der Waals surface area contributed by atoms with Crippen molar-refractivity contribution >= 4 is 40.9 Å². The summed E-state index contributed by atoms with van der Waals surface area (Å²) in [7, 11) is 0. The number of carbonyl (C=O) groups excluding carboxylic acids is 1. The largest absolute Gasteiger partial charge is 0.417 e. The van der Waals surface area contributed by atoms with Crippen molar-refractivity contribution in [1.29, 1.82) is 0 Å². The number of carbonyl (C=O) groups is 1. The maximum atomic E-state index is 12.8. The molecule has 0 aliphatic heterocycles. The standard InChI is InChI=1S/C13H9Cl2F3N4O/c1-6-4-10(15)21-11(19-6)22-12(23)20-7-2-3-9(14)8(5-7)13(16,17)18/h2-5H,1H3,(H2,19,20,21,22,23). The number of aryl methyl sites for hydroxylation is 1. The van der Waals surface area contributed by atoms with Crippen LogP contribution in [0, 0.1) is 6.92 Å². The van der Waals surface area contributed by atoms with Gasteiger partial charge in [0.05, 0.1) is 10.6 Å². The third-order valence-corrected chi connectivity index (χ3v) is 3.10. The van der Waals surface area contributed by atoms with Crippen LogP contribution in [0.5, 0.6) is 0 Å². The van der Waals surface area contributed by atoms with Crippen LogP contribution in [0.4, 0.5) is 29.6 Å². The molecular formula is C13H9Cl2F3N4O. The highest BCUT2D eigenvalue weighted by Gasteiger charge is 2.33.